The van der Waals surface area contributed by atoms with Crippen molar-refractivity contribution in [2.45, 2.75) is 19.5 Å². The fourth-order valence-electron chi connectivity index (χ4n) is 4.76. The average molecular weight is 452 g/mol. The second-order valence-corrected chi connectivity index (χ2v) is 8.66. The molecule has 34 heavy (non-hydrogen) atoms. The van der Waals surface area contributed by atoms with Crippen molar-refractivity contribution in [2.75, 3.05) is 18.5 Å². The SMILES string of the molecule is Cc1ccc([C@H]2c3cccn3-c3ccccc3CN2C(=O)Nc2ccc3c(c2)OCCO3)cc1. The number of carbonyl (C=O) groups excluding carboxylic acids is 1. The third kappa shape index (κ3) is 3.57. The van der Waals surface area contributed by atoms with E-state index in [-0.39, 0.29) is 12.1 Å². The lowest BCUT2D eigenvalue weighted by Crippen LogP contribution is -2.38. The molecule has 1 N–H and O–H groups in total. The number of urea groups is 1. The smallest absolute Gasteiger partial charge is 0.322 e. The number of para-hydroxylation sites is 1. The van der Waals surface area contributed by atoms with E-state index in [4.69, 9.17) is 9.47 Å². The van der Waals surface area contributed by atoms with E-state index in [1.165, 1.54) is 5.56 Å². The van der Waals surface area contributed by atoms with Crippen molar-refractivity contribution in [3.05, 3.63) is 107 Å². The van der Waals surface area contributed by atoms with Gasteiger partial charge in [-0.2, -0.15) is 0 Å². The number of anilines is 1. The number of rotatable bonds is 2. The highest BCUT2D eigenvalue weighted by Gasteiger charge is 2.33. The van der Waals surface area contributed by atoms with E-state index in [0.29, 0.717) is 36.9 Å². The number of hydrogen-bond acceptors (Lipinski definition) is 3. The molecular formula is C28H25N3O3. The van der Waals surface area contributed by atoms with E-state index in [1.807, 2.05) is 41.3 Å². The van der Waals surface area contributed by atoms with Crippen LogP contribution in [-0.4, -0.2) is 28.7 Å². The Morgan fingerprint density at radius 1 is 0.912 bits per heavy atom. The van der Waals surface area contributed by atoms with E-state index < -0.39 is 0 Å². The normalized spacial score (nSPS) is 16.3. The number of aryl methyl sites for hydroxylation is 1. The van der Waals surface area contributed by atoms with Crippen LogP contribution in [0.15, 0.2) is 85.1 Å². The fourth-order valence-corrected chi connectivity index (χ4v) is 4.76. The summed E-state index contributed by atoms with van der Waals surface area (Å²) in [5, 5.41) is 3.10. The second-order valence-electron chi connectivity index (χ2n) is 8.66. The van der Waals surface area contributed by atoms with E-state index in [9.17, 15) is 4.79 Å². The van der Waals surface area contributed by atoms with E-state index in [1.54, 1.807) is 0 Å². The first-order valence-corrected chi connectivity index (χ1v) is 11.5. The molecule has 0 aliphatic carbocycles. The summed E-state index contributed by atoms with van der Waals surface area (Å²) in [6.07, 6.45) is 2.07. The molecule has 0 bridgehead atoms. The molecule has 1 atom stereocenters. The van der Waals surface area contributed by atoms with Crippen LogP contribution in [0, 0.1) is 6.92 Å². The third-order valence-electron chi connectivity index (χ3n) is 6.41. The van der Waals surface area contributed by atoms with Gasteiger partial charge in [-0.25, -0.2) is 4.79 Å². The molecule has 6 heteroatoms. The molecule has 2 amide bonds. The molecule has 0 saturated carbocycles. The first-order chi connectivity index (χ1) is 16.7. The molecule has 1 aromatic heterocycles. The number of fused-ring (bicyclic) bond motifs is 4. The third-order valence-corrected chi connectivity index (χ3v) is 6.41. The number of hydrogen-bond donors (Lipinski definition) is 1. The maximum absolute atomic E-state index is 13.8. The highest BCUT2D eigenvalue weighted by atomic mass is 16.6. The number of ether oxygens (including phenoxy) is 2. The fraction of sp³-hybridized carbons (Fsp3) is 0.179. The maximum Gasteiger partial charge on any atom is 0.322 e. The van der Waals surface area contributed by atoms with Gasteiger partial charge >= 0.3 is 6.03 Å². The predicted octanol–water partition coefficient (Wildman–Crippen LogP) is 5.69. The van der Waals surface area contributed by atoms with Gasteiger partial charge in [0.25, 0.3) is 0 Å². The number of benzene rings is 3. The first-order valence-electron chi connectivity index (χ1n) is 11.5. The Labute approximate surface area is 198 Å². The lowest BCUT2D eigenvalue weighted by molar-refractivity contribution is 0.171. The summed E-state index contributed by atoms with van der Waals surface area (Å²) < 4.78 is 13.5. The summed E-state index contributed by atoms with van der Waals surface area (Å²) in [7, 11) is 0. The molecule has 6 nitrogen and oxygen atoms in total. The summed E-state index contributed by atoms with van der Waals surface area (Å²) >= 11 is 0. The van der Waals surface area contributed by atoms with Crippen LogP contribution in [0.25, 0.3) is 5.69 Å². The highest BCUT2D eigenvalue weighted by Crippen LogP contribution is 2.38. The highest BCUT2D eigenvalue weighted by molar-refractivity contribution is 5.90. The monoisotopic (exact) mass is 451 g/mol. The maximum atomic E-state index is 13.8. The van der Waals surface area contributed by atoms with E-state index in [2.05, 4.69) is 65.5 Å². The van der Waals surface area contributed by atoms with Crippen molar-refractivity contribution in [3.8, 4) is 17.2 Å². The molecule has 0 fully saturated rings. The number of carbonyl (C=O) groups is 1. The van der Waals surface area contributed by atoms with E-state index >= 15 is 0 Å². The lowest BCUT2D eigenvalue weighted by Gasteiger charge is -2.31. The van der Waals surface area contributed by atoms with Crippen LogP contribution in [0.2, 0.25) is 0 Å². The van der Waals surface area contributed by atoms with Gasteiger partial charge in [0.2, 0.25) is 0 Å². The second kappa shape index (κ2) is 8.30. The Kier molecular flexibility index (Phi) is 4.99. The minimum Gasteiger partial charge on any atom is -0.486 e. The Morgan fingerprint density at radius 3 is 2.56 bits per heavy atom. The molecule has 6 rings (SSSR count). The van der Waals surface area contributed by atoms with Crippen molar-refractivity contribution in [3.63, 3.8) is 0 Å². The van der Waals surface area contributed by atoms with Gasteiger partial charge in [-0.05, 0) is 48.4 Å². The van der Waals surface area contributed by atoms with Crippen LogP contribution in [0.1, 0.15) is 28.4 Å². The van der Waals surface area contributed by atoms with Crippen LogP contribution >= 0.6 is 0 Å². The molecule has 2 aliphatic heterocycles. The Morgan fingerprint density at radius 2 is 1.71 bits per heavy atom. The minimum absolute atomic E-state index is 0.174. The van der Waals surface area contributed by atoms with Crippen molar-refractivity contribution in [1.29, 1.82) is 0 Å². The number of amides is 2. The van der Waals surface area contributed by atoms with Crippen molar-refractivity contribution >= 4 is 11.7 Å². The zero-order valence-electron chi connectivity index (χ0n) is 18.9. The van der Waals surface area contributed by atoms with Crippen molar-refractivity contribution in [2.24, 2.45) is 0 Å². The Balaban J connectivity index is 1.42. The molecule has 4 aromatic rings. The molecule has 3 heterocycles. The van der Waals surface area contributed by atoms with Crippen LogP contribution in [0.5, 0.6) is 11.5 Å². The quantitative estimate of drug-likeness (QED) is 0.426. The Bertz CT molecular complexity index is 1360. The zero-order chi connectivity index (χ0) is 23.1. The number of nitrogens with zero attached hydrogens (tertiary/aromatic N) is 2. The van der Waals surface area contributed by atoms with Crippen LogP contribution < -0.4 is 14.8 Å². The summed E-state index contributed by atoms with van der Waals surface area (Å²) in [6.45, 7) is 3.58. The molecule has 170 valence electrons. The van der Waals surface area contributed by atoms with Gasteiger partial charge in [0.05, 0.1) is 18.3 Å². The summed E-state index contributed by atoms with van der Waals surface area (Å²) in [4.78, 5) is 15.7. The molecule has 3 aromatic carbocycles. The lowest BCUT2D eigenvalue weighted by atomic mass is 10.0. The zero-order valence-corrected chi connectivity index (χ0v) is 18.9. The standard InChI is InChI=1S/C28H25N3O3/c1-19-8-10-20(11-9-19)27-24-7-4-14-30(24)23-6-3-2-5-21(23)18-31(27)28(32)29-22-12-13-25-26(17-22)34-16-15-33-25/h2-14,17,27H,15-16,18H2,1H3,(H,29,32)/t27-/m0/s1. The number of aromatic nitrogens is 1. The largest absolute Gasteiger partial charge is 0.486 e. The topological polar surface area (TPSA) is 55.7 Å². The van der Waals surface area contributed by atoms with Gasteiger partial charge in [0.1, 0.15) is 13.2 Å². The number of nitrogens with one attached hydrogen (secondary N) is 1. The van der Waals surface area contributed by atoms with Gasteiger partial charge in [-0.15, -0.1) is 0 Å². The molecule has 0 saturated heterocycles. The average Bonchev–Trinajstić information content (AvgIpc) is 3.29. The van der Waals surface area contributed by atoms with Crippen LogP contribution in [-0.2, 0) is 6.54 Å². The predicted molar refractivity (Wildman–Crippen MR) is 131 cm³/mol. The van der Waals surface area contributed by atoms with Gasteiger partial charge in [0, 0.05) is 23.6 Å². The molecule has 0 spiro atoms. The Hall–Kier alpha value is -4.19. The molecule has 0 radical (unpaired) electrons. The van der Waals surface area contributed by atoms with Gasteiger partial charge in [-0.3, -0.25) is 0 Å². The molecule has 0 unspecified atom stereocenters. The van der Waals surface area contributed by atoms with E-state index in [0.717, 1.165) is 22.5 Å². The summed E-state index contributed by atoms with van der Waals surface area (Å²) in [5.74, 6) is 1.34. The van der Waals surface area contributed by atoms with Gasteiger partial charge < -0.3 is 24.3 Å². The summed E-state index contributed by atoms with van der Waals surface area (Å²) in [5.41, 5.74) is 6.15. The van der Waals surface area contributed by atoms with Gasteiger partial charge in [-0.1, -0.05) is 48.0 Å². The molecule has 2 aliphatic rings. The van der Waals surface area contributed by atoms with Crippen molar-refractivity contribution in [1.82, 2.24) is 9.47 Å². The minimum atomic E-state index is -0.250. The van der Waals surface area contributed by atoms with Gasteiger partial charge in [0.15, 0.2) is 11.5 Å². The van der Waals surface area contributed by atoms with Crippen molar-refractivity contribution < 1.29 is 14.3 Å². The first kappa shape index (κ1) is 20.4. The molecular weight excluding hydrogens is 426 g/mol. The van der Waals surface area contributed by atoms with Crippen LogP contribution in [0.4, 0.5) is 10.5 Å². The summed E-state index contributed by atoms with van der Waals surface area (Å²) in [6, 6.07) is 25.9. The van der Waals surface area contributed by atoms with Crippen LogP contribution in [0.3, 0.4) is 0 Å².